The van der Waals surface area contributed by atoms with E-state index in [0.29, 0.717) is 28.1 Å². The van der Waals surface area contributed by atoms with Gasteiger partial charge >= 0.3 is 0 Å². The Morgan fingerprint density at radius 3 is 2.46 bits per heavy atom. The summed E-state index contributed by atoms with van der Waals surface area (Å²) in [5, 5.41) is 2.90. The first-order chi connectivity index (χ1) is 13.3. The molecule has 1 aromatic heterocycles. The topological polar surface area (TPSA) is 48.0 Å². The van der Waals surface area contributed by atoms with Crippen LogP contribution in [0.5, 0.6) is 0 Å². The molecule has 1 radical (unpaired) electrons. The van der Waals surface area contributed by atoms with E-state index < -0.39 is 5.91 Å². The Labute approximate surface area is 173 Å². The normalized spacial score (nSPS) is 11.6. The quantitative estimate of drug-likeness (QED) is 0.430. The van der Waals surface area contributed by atoms with Gasteiger partial charge in [0.05, 0.1) is 11.0 Å². The number of nitrogens with zero attached hydrogens (tertiary/aromatic N) is 1. The minimum Gasteiger partial charge on any atom is -0.366 e. The zero-order chi connectivity index (χ0) is 20.0. The van der Waals surface area contributed by atoms with E-state index in [-0.39, 0.29) is 0 Å². The zero-order valence-corrected chi connectivity index (χ0v) is 17.1. The number of rotatable bonds is 4. The maximum Gasteiger partial charge on any atom is 0.249 e. The molecule has 0 fully saturated rings. The number of nitrogens with two attached hydrogens (primary N) is 1. The van der Waals surface area contributed by atoms with Crippen LogP contribution in [0.3, 0.4) is 0 Å². The minimum absolute atomic E-state index is 0.364. The number of benzene rings is 3. The summed E-state index contributed by atoms with van der Waals surface area (Å²) in [6.07, 6.45) is 0. The van der Waals surface area contributed by atoms with Crippen molar-refractivity contribution in [2.75, 3.05) is 0 Å². The second kappa shape index (κ2) is 7.16. The number of aromatic nitrogens is 1. The van der Waals surface area contributed by atoms with Crippen LogP contribution in [0.4, 0.5) is 0 Å². The summed E-state index contributed by atoms with van der Waals surface area (Å²) in [6, 6.07) is 18.7. The molecule has 5 heteroatoms. The molecular weight excluding hydrogens is 391 g/mol. The molecule has 3 aromatic carbocycles. The summed E-state index contributed by atoms with van der Waals surface area (Å²) >= 11 is 12.4. The van der Waals surface area contributed by atoms with Crippen molar-refractivity contribution in [3.8, 4) is 0 Å². The first-order valence-corrected chi connectivity index (χ1v) is 9.82. The van der Waals surface area contributed by atoms with Gasteiger partial charge in [-0.1, -0.05) is 49.2 Å². The highest BCUT2D eigenvalue weighted by Crippen LogP contribution is 2.34. The third-order valence-corrected chi connectivity index (χ3v) is 5.45. The number of amides is 1. The van der Waals surface area contributed by atoms with Gasteiger partial charge in [-0.05, 0) is 59.5 Å². The monoisotopic (exact) mass is 409 g/mol. The van der Waals surface area contributed by atoms with Crippen molar-refractivity contribution < 1.29 is 4.79 Å². The summed E-state index contributed by atoms with van der Waals surface area (Å²) in [4.78, 5) is 12.1. The summed E-state index contributed by atoms with van der Waals surface area (Å²) < 4.78 is 2.17. The predicted molar refractivity (Wildman–Crippen MR) is 116 cm³/mol. The number of carbonyl (C=O) groups excluding carboxylic acids is 1. The molecule has 0 aliphatic rings. The van der Waals surface area contributed by atoms with Crippen LogP contribution in [0, 0.1) is 6.07 Å². The average molecular weight is 410 g/mol. The van der Waals surface area contributed by atoms with E-state index in [4.69, 9.17) is 28.9 Å². The molecule has 3 nitrogen and oxygen atoms in total. The van der Waals surface area contributed by atoms with Crippen LogP contribution in [0.25, 0.3) is 21.8 Å². The lowest BCUT2D eigenvalue weighted by molar-refractivity contribution is 0.100. The van der Waals surface area contributed by atoms with Gasteiger partial charge in [-0.15, -0.1) is 0 Å². The van der Waals surface area contributed by atoms with Crippen molar-refractivity contribution in [3.63, 3.8) is 0 Å². The fraction of sp³-hybridized carbons (Fsp3) is 0.174. The van der Waals surface area contributed by atoms with E-state index in [9.17, 15) is 4.79 Å². The Morgan fingerprint density at radius 2 is 1.82 bits per heavy atom. The van der Waals surface area contributed by atoms with E-state index in [2.05, 4.69) is 30.5 Å². The molecule has 4 aromatic rings. The average Bonchev–Trinajstić information content (AvgIpc) is 2.94. The molecule has 2 N–H and O–H groups in total. The molecule has 0 saturated carbocycles. The Balaban J connectivity index is 2.05. The van der Waals surface area contributed by atoms with Gasteiger partial charge in [-0.2, -0.15) is 0 Å². The lowest BCUT2D eigenvalue weighted by Crippen LogP contribution is -2.11. The van der Waals surface area contributed by atoms with Gasteiger partial charge in [-0.3, -0.25) is 4.79 Å². The zero-order valence-electron chi connectivity index (χ0n) is 15.6. The number of hydrogen-bond acceptors (Lipinski definition) is 1. The lowest BCUT2D eigenvalue weighted by Gasteiger charge is -2.11. The molecule has 141 valence electrons. The van der Waals surface area contributed by atoms with Crippen LogP contribution in [0.15, 0.2) is 48.5 Å². The number of primary amides is 1. The van der Waals surface area contributed by atoms with E-state index >= 15 is 0 Å². The molecule has 1 heterocycles. The van der Waals surface area contributed by atoms with E-state index in [1.807, 2.05) is 30.3 Å². The SMILES string of the molecule is CC(C)c1c[c]c2c3c(C(N)=O)cccc3n(Cc3cc(Cl)cc(Cl)c3)c2c1. The molecular formula is C23H19Cl2N2O. The summed E-state index contributed by atoms with van der Waals surface area (Å²) in [5.74, 6) is -0.0832. The third kappa shape index (κ3) is 3.25. The van der Waals surface area contributed by atoms with Gasteiger partial charge in [0.2, 0.25) is 5.91 Å². The van der Waals surface area contributed by atoms with E-state index in [1.165, 1.54) is 5.56 Å². The van der Waals surface area contributed by atoms with Crippen LogP contribution in [0.2, 0.25) is 10.0 Å². The summed E-state index contributed by atoms with van der Waals surface area (Å²) in [7, 11) is 0. The fourth-order valence-electron chi connectivity index (χ4n) is 3.67. The van der Waals surface area contributed by atoms with Gasteiger partial charge in [-0.25, -0.2) is 0 Å². The molecule has 0 atom stereocenters. The molecule has 0 bridgehead atoms. The highest BCUT2D eigenvalue weighted by Gasteiger charge is 2.18. The lowest BCUT2D eigenvalue weighted by atomic mass is 10.00. The predicted octanol–water partition coefficient (Wildman–Crippen LogP) is 6.17. The second-order valence-corrected chi connectivity index (χ2v) is 8.15. The number of hydrogen-bond donors (Lipinski definition) is 1. The Morgan fingerprint density at radius 1 is 1.11 bits per heavy atom. The first kappa shape index (κ1) is 18.9. The van der Waals surface area contributed by atoms with Crippen molar-refractivity contribution in [1.82, 2.24) is 4.57 Å². The van der Waals surface area contributed by atoms with Crippen LogP contribution in [-0.2, 0) is 6.54 Å². The first-order valence-electron chi connectivity index (χ1n) is 9.06. The largest absolute Gasteiger partial charge is 0.366 e. The van der Waals surface area contributed by atoms with Crippen LogP contribution in [0.1, 0.15) is 41.3 Å². The molecule has 1 amide bonds. The number of carbonyl (C=O) groups is 1. The van der Waals surface area contributed by atoms with Crippen LogP contribution in [-0.4, -0.2) is 10.5 Å². The molecule has 0 unspecified atom stereocenters. The molecule has 0 aliphatic heterocycles. The van der Waals surface area contributed by atoms with Crippen LogP contribution >= 0.6 is 23.2 Å². The number of fused-ring (bicyclic) bond motifs is 3. The van der Waals surface area contributed by atoms with Crippen molar-refractivity contribution >= 4 is 50.9 Å². The second-order valence-electron chi connectivity index (χ2n) is 7.28. The summed E-state index contributed by atoms with van der Waals surface area (Å²) in [6.45, 7) is 4.86. The fourth-order valence-corrected chi connectivity index (χ4v) is 4.24. The highest BCUT2D eigenvalue weighted by molar-refractivity contribution is 6.34. The summed E-state index contributed by atoms with van der Waals surface area (Å²) in [5.41, 5.74) is 10.3. The standard InChI is InChI=1S/C23H19Cl2N2O/c1-13(2)15-6-7-18-21(10-15)27(12-14-8-16(24)11-17(25)9-14)20-5-3-4-19(22(18)20)23(26)28/h3-6,8-11,13H,12H2,1-2H3,(H2,26,28). The maximum absolute atomic E-state index is 12.1. The third-order valence-electron chi connectivity index (χ3n) is 5.01. The highest BCUT2D eigenvalue weighted by atomic mass is 35.5. The van der Waals surface area contributed by atoms with Gasteiger partial charge < -0.3 is 10.3 Å². The molecule has 28 heavy (non-hydrogen) atoms. The van der Waals surface area contributed by atoms with Gasteiger partial charge in [0.15, 0.2) is 0 Å². The Hall–Kier alpha value is -2.49. The molecule has 0 saturated heterocycles. The maximum atomic E-state index is 12.1. The Bertz CT molecular complexity index is 1200. The van der Waals surface area contributed by atoms with E-state index in [0.717, 1.165) is 27.4 Å². The van der Waals surface area contributed by atoms with Crippen molar-refractivity contribution in [2.24, 2.45) is 5.73 Å². The van der Waals surface area contributed by atoms with Crippen molar-refractivity contribution in [1.29, 1.82) is 0 Å². The molecule has 0 spiro atoms. The smallest absolute Gasteiger partial charge is 0.249 e. The van der Waals surface area contributed by atoms with Crippen molar-refractivity contribution in [3.05, 3.63) is 81.3 Å². The van der Waals surface area contributed by atoms with E-state index in [1.54, 1.807) is 12.1 Å². The van der Waals surface area contributed by atoms with Gasteiger partial charge in [0, 0.05) is 32.9 Å². The van der Waals surface area contributed by atoms with Gasteiger partial charge in [0.1, 0.15) is 0 Å². The van der Waals surface area contributed by atoms with Crippen molar-refractivity contribution in [2.45, 2.75) is 26.3 Å². The molecule has 0 aliphatic carbocycles. The van der Waals surface area contributed by atoms with Gasteiger partial charge in [0.25, 0.3) is 0 Å². The van der Waals surface area contributed by atoms with Crippen LogP contribution < -0.4 is 5.73 Å². The minimum atomic E-state index is -0.447. The number of halogens is 2. The molecule has 4 rings (SSSR count). The Kier molecular flexibility index (Phi) is 4.82.